The van der Waals surface area contributed by atoms with Crippen LogP contribution in [0.25, 0.3) is 0 Å². The summed E-state index contributed by atoms with van der Waals surface area (Å²) in [6.07, 6.45) is 6.73. The summed E-state index contributed by atoms with van der Waals surface area (Å²) in [5.41, 5.74) is 0.764. The lowest BCUT2D eigenvalue weighted by Crippen LogP contribution is -2.09. The highest BCUT2D eigenvalue weighted by molar-refractivity contribution is 7.99. The molecule has 1 fully saturated rings. The number of halogens is 2. The second-order valence-corrected chi connectivity index (χ2v) is 6.42. The van der Waals surface area contributed by atoms with E-state index < -0.39 is 0 Å². The number of aromatic nitrogens is 2. The van der Waals surface area contributed by atoms with Gasteiger partial charge in [-0.15, -0.1) is 0 Å². The Balaban J connectivity index is 1.94. The molecule has 0 bridgehead atoms. The molecule has 0 radical (unpaired) electrons. The molecule has 1 heterocycles. The lowest BCUT2D eigenvalue weighted by Gasteiger charge is -2.20. The Hall–Kier alpha value is 0.01000. The first-order chi connectivity index (χ1) is 8.16. The van der Waals surface area contributed by atoms with Crippen LogP contribution in [-0.2, 0) is 5.75 Å². The van der Waals surface area contributed by atoms with Crippen molar-refractivity contribution in [3.8, 4) is 0 Å². The standard InChI is InChI=1S/C12H16Cl2N2S/c1-8-11(13)15-10(16-12(8)14)7-17-9-5-3-2-4-6-9/h9H,2-7H2,1H3. The number of hydrogen-bond acceptors (Lipinski definition) is 3. The molecular weight excluding hydrogens is 275 g/mol. The lowest BCUT2D eigenvalue weighted by atomic mass is 10.0. The highest BCUT2D eigenvalue weighted by atomic mass is 35.5. The van der Waals surface area contributed by atoms with Gasteiger partial charge in [-0.3, -0.25) is 0 Å². The molecule has 0 N–H and O–H groups in total. The summed E-state index contributed by atoms with van der Waals surface area (Å²) in [4.78, 5) is 8.53. The SMILES string of the molecule is Cc1c(Cl)nc(CSC2CCCCC2)nc1Cl. The Morgan fingerprint density at radius 2 is 1.71 bits per heavy atom. The maximum Gasteiger partial charge on any atom is 0.141 e. The quantitative estimate of drug-likeness (QED) is 0.758. The van der Waals surface area contributed by atoms with E-state index in [9.17, 15) is 0 Å². The van der Waals surface area contributed by atoms with Gasteiger partial charge in [-0.05, 0) is 19.8 Å². The number of nitrogens with zero attached hydrogens (tertiary/aromatic N) is 2. The minimum atomic E-state index is 0.476. The van der Waals surface area contributed by atoms with Gasteiger partial charge in [-0.1, -0.05) is 42.5 Å². The fourth-order valence-electron chi connectivity index (χ4n) is 1.99. The first-order valence-corrected chi connectivity index (χ1v) is 7.77. The summed E-state index contributed by atoms with van der Waals surface area (Å²) in [6, 6.07) is 0. The maximum atomic E-state index is 6.00. The molecule has 0 spiro atoms. The summed E-state index contributed by atoms with van der Waals surface area (Å²) in [5, 5.41) is 1.71. The first-order valence-electron chi connectivity index (χ1n) is 5.97. The normalized spacial score (nSPS) is 17.4. The molecule has 17 heavy (non-hydrogen) atoms. The predicted molar refractivity (Wildman–Crippen MR) is 75.0 cm³/mol. The molecule has 0 amide bonds. The van der Waals surface area contributed by atoms with Crippen molar-refractivity contribution in [1.29, 1.82) is 0 Å². The molecule has 2 nitrogen and oxygen atoms in total. The van der Waals surface area contributed by atoms with Crippen molar-refractivity contribution in [2.24, 2.45) is 0 Å². The average Bonchev–Trinajstić information content (AvgIpc) is 2.34. The van der Waals surface area contributed by atoms with Crippen molar-refractivity contribution in [3.63, 3.8) is 0 Å². The molecule has 1 saturated carbocycles. The fraction of sp³-hybridized carbons (Fsp3) is 0.667. The van der Waals surface area contributed by atoms with Crippen molar-refractivity contribution < 1.29 is 0 Å². The summed E-state index contributed by atoms with van der Waals surface area (Å²) >= 11 is 13.9. The van der Waals surface area contributed by atoms with E-state index in [4.69, 9.17) is 23.2 Å². The second-order valence-electron chi connectivity index (χ2n) is 4.42. The first kappa shape index (κ1) is 13.4. The molecule has 0 saturated heterocycles. The van der Waals surface area contributed by atoms with Gasteiger partial charge in [0.15, 0.2) is 0 Å². The minimum Gasteiger partial charge on any atom is -0.220 e. The van der Waals surface area contributed by atoms with Crippen LogP contribution in [-0.4, -0.2) is 15.2 Å². The Morgan fingerprint density at radius 1 is 1.12 bits per heavy atom. The summed E-state index contributed by atoms with van der Waals surface area (Å²) in [6.45, 7) is 1.84. The Kier molecular flexibility index (Phi) is 4.95. The zero-order valence-electron chi connectivity index (χ0n) is 9.88. The molecule has 94 valence electrons. The van der Waals surface area contributed by atoms with Gasteiger partial charge in [0.25, 0.3) is 0 Å². The van der Waals surface area contributed by atoms with Crippen LogP contribution >= 0.6 is 35.0 Å². The van der Waals surface area contributed by atoms with Crippen LogP contribution in [0.5, 0.6) is 0 Å². The van der Waals surface area contributed by atoms with E-state index in [1.54, 1.807) is 0 Å². The zero-order chi connectivity index (χ0) is 12.3. The molecular formula is C12H16Cl2N2S. The smallest absolute Gasteiger partial charge is 0.141 e. The fourth-order valence-corrected chi connectivity index (χ4v) is 3.60. The Morgan fingerprint density at radius 3 is 2.29 bits per heavy atom. The molecule has 0 aromatic carbocycles. The van der Waals surface area contributed by atoms with E-state index in [1.165, 1.54) is 32.1 Å². The Labute approximate surface area is 117 Å². The highest BCUT2D eigenvalue weighted by Crippen LogP contribution is 2.30. The number of thioether (sulfide) groups is 1. The van der Waals surface area contributed by atoms with Crippen LogP contribution in [0.2, 0.25) is 10.3 Å². The van der Waals surface area contributed by atoms with Crippen molar-refractivity contribution >= 4 is 35.0 Å². The van der Waals surface area contributed by atoms with Crippen molar-refractivity contribution in [2.45, 2.75) is 50.0 Å². The average molecular weight is 291 g/mol. The largest absolute Gasteiger partial charge is 0.220 e. The molecule has 1 aromatic heterocycles. The molecule has 0 aliphatic heterocycles. The third kappa shape index (κ3) is 3.73. The molecule has 1 aliphatic rings. The predicted octanol–water partition coefficient (Wildman–Crippen LogP) is 4.66. The summed E-state index contributed by atoms with van der Waals surface area (Å²) < 4.78 is 0. The van der Waals surface area contributed by atoms with Crippen LogP contribution in [0.3, 0.4) is 0 Å². The van der Waals surface area contributed by atoms with E-state index in [0.717, 1.165) is 22.4 Å². The van der Waals surface area contributed by atoms with E-state index in [1.807, 2.05) is 18.7 Å². The van der Waals surface area contributed by atoms with E-state index in [0.29, 0.717) is 10.3 Å². The number of rotatable bonds is 3. The van der Waals surface area contributed by atoms with Gasteiger partial charge in [0, 0.05) is 10.8 Å². The van der Waals surface area contributed by atoms with Crippen LogP contribution in [0.4, 0.5) is 0 Å². The van der Waals surface area contributed by atoms with Crippen molar-refractivity contribution in [3.05, 3.63) is 21.7 Å². The van der Waals surface area contributed by atoms with Gasteiger partial charge in [0.1, 0.15) is 16.1 Å². The second kappa shape index (κ2) is 6.26. The van der Waals surface area contributed by atoms with E-state index in [-0.39, 0.29) is 0 Å². The molecule has 0 unspecified atom stereocenters. The van der Waals surface area contributed by atoms with Gasteiger partial charge >= 0.3 is 0 Å². The minimum absolute atomic E-state index is 0.476. The molecule has 2 rings (SSSR count). The number of hydrogen-bond donors (Lipinski definition) is 0. The van der Waals surface area contributed by atoms with Gasteiger partial charge in [-0.2, -0.15) is 11.8 Å². The van der Waals surface area contributed by atoms with Gasteiger partial charge in [0.05, 0.1) is 5.75 Å². The van der Waals surface area contributed by atoms with Crippen LogP contribution in [0, 0.1) is 6.92 Å². The topological polar surface area (TPSA) is 25.8 Å². The monoisotopic (exact) mass is 290 g/mol. The highest BCUT2D eigenvalue weighted by Gasteiger charge is 2.15. The van der Waals surface area contributed by atoms with Crippen LogP contribution in [0.15, 0.2) is 0 Å². The van der Waals surface area contributed by atoms with Crippen LogP contribution < -0.4 is 0 Å². The van der Waals surface area contributed by atoms with Crippen molar-refractivity contribution in [2.75, 3.05) is 0 Å². The summed E-state index contributed by atoms with van der Waals surface area (Å²) in [7, 11) is 0. The zero-order valence-corrected chi connectivity index (χ0v) is 12.2. The molecule has 1 aromatic rings. The van der Waals surface area contributed by atoms with Gasteiger partial charge < -0.3 is 0 Å². The van der Waals surface area contributed by atoms with E-state index >= 15 is 0 Å². The lowest BCUT2D eigenvalue weighted by molar-refractivity contribution is 0.516. The van der Waals surface area contributed by atoms with Gasteiger partial charge in [0.2, 0.25) is 0 Å². The third-order valence-corrected chi connectivity index (χ3v) is 5.18. The van der Waals surface area contributed by atoms with Gasteiger partial charge in [-0.25, -0.2) is 9.97 Å². The molecule has 0 atom stereocenters. The third-order valence-electron chi connectivity index (χ3n) is 3.07. The van der Waals surface area contributed by atoms with Crippen LogP contribution in [0.1, 0.15) is 43.5 Å². The molecule has 1 aliphatic carbocycles. The van der Waals surface area contributed by atoms with Crippen molar-refractivity contribution in [1.82, 2.24) is 9.97 Å². The van der Waals surface area contributed by atoms with E-state index in [2.05, 4.69) is 9.97 Å². The Bertz CT molecular complexity index is 369. The summed E-state index contributed by atoms with van der Waals surface area (Å²) in [5.74, 6) is 1.56. The molecule has 5 heteroatoms. The maximum absolute atomic E-state index is 6.00.